The number of hydrogen-bond acceptors (Lipinski definition) is 5. The van der Waals surface area contributed by atoms with Gasteiger partial charge in [0.25, 0.3) is 0 Å². The van der Waals surface area contributed by atoms with E-state index in [0.29, 0.717) is 19.4 Å². The molecule has 254 valence electrons. The second kappa shape index (κ2) is 30.6. The Morgan fingerprint density at radius 2 is 1.21 bits per heavy atom. The largest absolute Gasteiger partial charge is 0.461 e. The molecular formula is C36H69FN2O4. The number of hydroxylamine groups is 2. The lowest BCUT2D eigenvalue weighted by Gasteiger charge is -2.31. The number of halogens is 1. The Morgan fingerprint density at radius 1 is 0.698 bits per heavy atom. The molecule has 0 spiro atoms. The van der Waals surface area contributed by atoms with Crippen molar-refractivity contribution in [2.24, 2.45) is 0 Å². The number of carbonyl (C=O) groups is 2. The Labute approximate surface area is 265 Å². The molecule has 0 fully saturated rings. The van der Waals surface area contributed by atoms with Crippen LogP contribution >= 0.6 is 0 Å². The first kappa shape index (κ1) is 41.5. The van der Waals surface area contributed by atoms with Gasteiger partial charge in [-0.2, -0.15) is 4.39 Å². The molecule has 0 bridgehead atoms. The topological polar surface area (TPSA) is 59.1 Å². The number of unbranched alkanes of at least 4 members (excludes halogenated alkanes) is 16. The van der Waals surface area contributed by atoms with Gasteiger partial charge in [-0.15, -0.1) is 0 Å². The maximum Gasteiger partial charge on any atom is 0.366 e. The van der Waals surface area contributed by atoms with E-state index >= 15 is 0 Å². The van der Waals surface area contributed by atoms with Crippen LogP contribution in [0.15, 0.2) is 11.9 Å². The van der Waals surface area contributed by atoms with Gasteiger partial charge in [0, 0.05) is 6.42 Å². The van der Waals surface area contributed by atoms with Crippen molar-refractivity contribution >= 4 is 11.9 Å². The van der Waals surface area contributed by atoms with Gasteiger partial charge in [-0.25, -0.2) is 9.86 Å². The number of ether oxygens (including phenoxy) is 1. The highest BCUT2D eigenvalue weighted by Crippen LogP contribution is 2.21. The first-order valence-electron chi connectivity index (χ1n) is 18.0. The summed E-state index contributed by atoms with van der Waals surface area (Å²) in [6.07, 6.45) is 26.3. The lowest BCUT2D eigenvalue weighted by Crippen LogP contribution is -2.41. The van der Waals surface area contributed by atoms with Gasteiger partial charge < -0.3 is 9.64 Å². The zero-order valence-electron chi connectivity index (χ0n) is 28.9. The smallest absolute Gasteiger partial charge is 0.366 e. The second-order valence-corrected chi connectivity index (χ2v) is 12.4. The van der Waals surface area contributed by atoms with E-state index in [4.69, 9.17) is 9.57 Å². The average molecular weight is 613 g/mol. The van der Waals surface area contributed by atoms with Crippen molar-refractivity contribution in [3.05, 3.63) is 11.9 Å². The SMILES string of the molecule is CCCCCCCCCCON(C(=O)CCCN(C)C)C(CCCCC/C=C(\F)C(=O)OCC)CCCCCCCCC. The van der Waals surface area contributed by atoms with Crippen molar-refractivity contribution in [2.45, 2.75) is 174 Å². The quantitative estimate of drug-likeness (QED) is 0.0337. The maximum absolute atomic E-state index is 13.8. The number of amides is 1. The Bertz CT molecular complexity index is 686. The third kappa shape index (κ3) is 25.5. The second-order valence-electron chi connectivity index (χ2n) is 12.4. The number of nitrogens with zero attached hydrogens (tertiary/aromatic N) is 2. The Balaban J connectivity index is 5.07. The molecule has 0 N–H and O–H groups in total. The molecule has 7 heteroatoms. The molecule has 1 amide bonds. The molecule has 0 saturated heterocycles. The molecule has 1 unspecified atom stereocenters. The molecule has 0 saturated carbocycles. The van der Waals surface area contributed by atoms with Crippen molar-refractivity contribution in [2.75, 3.05) is 33.9 Å². The van der Waals surface area contributed by atoms with Gasteiger partial charge in [0.2, 0.25) is 11.7 Å². The van der Waals surface area contributed by atoms with E-state index in [1.165, 1.54) is 83.1 Å². The molecule has 0 aromatic rings. The number of hydrogen-bond donors (Lipinski definition) is 0. The molecule has 0 radical (unpaired) electrons. The highest BCUT2D eigenvalue weighted by molar-refractivity contribution is 5.85. The number of esters is 1. The van der Waals surface area contributed by atoms with Crippen molar-refractivity contribution < 1.29 is 23.6 Å². The molecule has 0 rings (SSSR count). The third-order valence-corrected chi connectivity index (χ3v) is 7.98. The molecule has 1 atom stereocenters. The van der Waals surface area contributed by atoms with Crippen LogP contribution in [0.1, 0.15) is 168 Å². The van der Waals surface area contributed by atoms with Gasteiger partial charge in [0.15, 0.2) is 0 Å². The Hall–Kier alpha value is -1.47. The molecule has 0 heterocycles. The van der Waals surface area contributed by atoms with E-state index < -0.39 is 11.8 Å². The molecule has 0 aliphatic carbocycles. The van der Waals surface area contributed by atoms with Gasteiger partial charge in [0.1, 0.15) is 0 Å². The lowest BCUT2D eigenvalue weighted by molar-refractivity contribution is -0.203. The summed E-state index contributed by atoms with van der Waals surface area (Å²) in [5.41, 5.74) is 0. The van der Waals surface area contributed by atoms with Crippen LogP contribution in [0, 0.1) is 0 Å². The van der Waals surface area contributed by atoms with E-state index in [-0.39, 0.29) is 18.6 Å². The highest BCUT2D eigenvalue weighted by atomic mass is 19.1. The van der Waals surface area contributed by atoms with Gasteiger partial charge in [-0.05, 0) is 72.2 Å². The summed E-state index contributed by atoms with van der Waals surface area (Å²) < 4.78 is 18.5. The van der Waals surface area contributed by atoms with Crippen LogP contribution in [-0.2, 0) is 19.2 Å². The Kier molecular flexibility index (Phi) is 29.5. The van der Waals surface area contributed by atoms with Crippen LogP contribution in [0.4, 0.5) is 4.39 Å². The summed E-state index contributed by atoms with van der Waals surface area (Å²) in [4.78, 5) is 33.4. The van der Waals surface area contributed by atoms with Gasteiger partial charge in [0.05, 0.1) is 19.3 Å². The van der Waals surface area contributed by atoms with Crippen LogP contribution in [0.3, 0.4) is 0 Å². The summed E-state index contributed by atoms with van der Waals surface area (Å²) >= 11 is 0. The van der Waals surface area contributed by atoms with Crippen molar-refractivity contribution in [3.8, 4) is 0 Å². The molecule has 43 heavy (non-hydrogen) atoms. The minimum atomic E-state index is -0.880. The van der Waals surface area contributed by atoms with Crippen LogP contribution < -0.4 is 0 Å². The van der Waals surface area contributed by atoms with Crippen LogP contribution in [0.5, 0.6) is 0 Å². The van der Waals surface area contributed by atoms with Gasteiger partial charge >= 0.3 is 5.97 Å². The summed E-state index contributed by atoms with van der Waals surface area (Å²) in [6.45, 7) is 7.82. The molecular weight excluding hydrogens is 543 g/mol. The fourth-order valence-corrected chi connectivity index (χ4v) is 5.37. The molecule has 0 aromatic heterocycles. The zero-order valence-corrected chi connectivity index (χ0v) is 28.9. The zero-order chi connectivity index (χ0) is 32.0. The molecule has 0 aromatic carbocycles. The fourth-order valence-electron chi connectivity index (χ4n) is 5.37. The molecule has 0 aliphatic rings. The van der Waals surface area contributed by atoms with E-state index in [1.54, 1.807) is 12.0 Å². The van der Waals surface area contributed by atoms with Crippen molar-refractivity contribution in [3.63, 3.8) is 0 Å². The summed E-state index contributed by atoms with van der Waals surface area (Å²) in [6, 6.07) is 0.0725. The highest BCUT2D eigenvalue weighted by Gasteiger charge is 2.24. The first-order valence-corrected chi connectivity index (χ1v) is 18.0. The first-order chi connectivity index (χ1) is 20.9. The minimum Gasteiger partial charge on any atom is -0.461 e. The number of carbonyl (C=O) groups excluding carboxylic acids is 2. The lowest BCUT2D eigenvalue weighted by atomic mass is 9.99. The van der Waals surface area contributed by atoms with E-state index in [0.717, 1.165) is 64.3 Å². The van der Waals surface area contributed by atoms with Gasteiger partial charge in [-0.3, -0.25) is 9.63 Å². The summed E-state index contributed by atoms with van der Waals surface area (Å²) in [7, 11) is 4.08. The monoisotopic (exact) mass is 613 g/mol. The van der Waals surface area contributed by atoms with Crippen molar-refractivity contribution in [1.29, 1.82) is 0 Å². The number of allylic oxidation sites excluding steroid dienone is 1. The minimum absolute atomic E-state index is 0.0725. The predicted molar refractivity (Wildman–Crippen MR) is 179 cm³/mol. The van der Waals surface area contributed by atoms with Crippen molar-refractivity contribution in [1.82, 2.24) is 9.96 Å². The van der Waals surface area contributed by atoms with E-state index in [9.17, 15) is 14.0 Å². The number of rotatable bonds is 31. The standard InChI is InChI=1S/C36H69FN2O4/c1-6-9-11-13-15-17-21-25-32-43-39(35(40)30-26-31-38(4)5)33(27-22-18-16-14-12-10-7-2)28-23-19-20-24-29-34(37)36(41)42-8-3/h29,33H,6-28,30-32H2,1-5H3/b34-29-. The average Bonchev–Trinajstić information content (AvgIpc) is 2.98. The van der Waals surface area contributed by atoms with E-state index in [2.05, 4.69) is 18.7 Å². The predicted octanol–water partition coefficient (Wildman–Crippen LogP) is 10.1. The molecule has 6 nitrogen and oxygen atoms in total. The van der Waals surface area contributed by atoms with E-state index in [1.807, 2.05) is 14.1 Å². The van der Waals surface area contributed by atoms with Crippen LogP contribution in [0.25, 0.3) is 0 Å². The summed E-state index contributed by atoms with van der Waals surface area (Å²) in [5, 5.41) is 1.76. The molecule has 0 aliphatic heterocycles. The Morgan fingerprint density at radius 3 is 1.74 bits per heavy atom. The maximum atomic E-state index is 13.8. The fraction of sp³-hybridized carbons (Fsp3) is 0.889. The van der Waals surface area contributed by atoms with Gasteiger partial charge in [-0.1, -0.05) is 117 Å². The summed E-state index contributed by atoms with van der Waals surface area (Å²) in [5.74, 6) is -1.58. The van der Waals surface area contributed by atoms with Crippen LogP contribution in [0.2, 0.25) is 0 Å². The van der Waals surface area contributed by atoms with Crippen LogP contribution in [-0.4, -0.2) is 61.7 Å². The third-order valence-electron chi connectivity index (χ3n) is 7.98. The normalized spacial score (nSPS) is 12.6.